The van der Waals surface area contributed by atoms with E-state index in [2.05, 4.69) is 15.4 Å². The van der Waals surface area contributed by atoms with E-state index in [9.17, 15) is 18.0 Å². The van der Waals surface area contributed by atoms with Crippen LogP contribution < -0.4 is 5.32 Å². The van der Waals surface area contributed by atoms with Crippen LogP contribution in [-0.2, 0) is 10.9 Å². The van der Waals surface area contributed by atoms with Crippen LogP contribution in [0.1, 0.15) is 50.9 Å². The van der Waals surface area contributed by atoms with Crippen LogP contribution in [0.5, 0.6) is 0 Å². The van der Waals surface area contributed by atoms with E-state index in [4.69, 9.17) is 4.74 Å². The summed E-state index contributed by atoms with van der Waals surface area (Å²) in [6, 6.07) is 4.89. The van der Waals surface area contributed by atoms with Crippen molar-refractivity contribution < 1.29 is 22.7 Å². The zero-order valence-electron chi connectivity index (χ0n) is 14.6. The maximum Gasteiger partial charge on any atom is 0.435 e. The van der Waals surface area contributed by atoms with Gasteiger partial charge in [-0.1, -0.05) is 6.07 Å². The SMILES string of the molecule is CC(C)(C)OC(=O)Nc1cnn(-c2cccc(C3CC3)n2)c1C(F)(F)F. The van der Waals surface area contributed by atoms with Gasteiger partial charge in [0, 0.05) is 11.6 Å². The minimum atomic E-state index is -4.74. The van der Waals surface area contributed by atoms with Crippen molar-refractivity contribution in [3.63, 3.8) is 0 Å². The second-order valence-corrected chi connectivity index (χ2v) is 7.14. The molecule has 1 N–H and O–H groups in total. The van der Waals surface area contributed by atoms with E-state index in [-0.39, 0.29) is 5.82 Å². The van der Waals surface area contributed by atoms with Gasteiger partial charge in [-0.15, -0.1) is 0 Å². The number of halogens is 3. The highest BCUT2D eigenvalue weighted by molar-refractivity contribution is 5.85. The molecular weight excluding hydrogens is 349 g/mol. The van der Waals surface area contributed by atoms with Gasteiger partial charge in [0.25, 0.3) is 0 Å². The number of amides is 1. The molecule has 0 radical (unpaired) electrons. The van der Waals surface area contributed by atoms with Gasteiger partial charge in [0.05, 0.1) is 11.9 Å². The molecule has 0 spiro atoms. The number of carbonyl (C=O) groups is 1. The standard InChI is InChI=1S/C17H19F3N4O2/c1-16(2,3)26-15(25)23-12-9-21-24(14(12)17(18,19)20)13-6-4-5-11(22-13)10-7-8-10/h4-6,9-10H,7-8H2,1-3H3,(H,23,25). The summed E-state index contributed by atoms with van der Waals surface area (Å²) < 4.78 is 46.5. The maximum absolute atomic E-state index is 13.6. The summed E-state index contributed by atoms with van der Waals surface area (Å²) >= 11 is 0. The van der Waals surface area contributed by atoms with E-state index >= 15 is 0 Å². The van der Waals surface area contributed by atoms with Crippen molar-refractivity contribution >= 4 is 11.8 Å². The number of aromatic nitrogens is 3. The van der Waals surface area contributed by atoms with Crippen LogP contribution in [0.25, 0.3) is 5.82 Å². The van der Waals surface area contributed by atoms with E-state index in [0.29, 0.717) is 10.6 Å². The first-order chi connectivity index (χ1) is 12.0. The lowest BCUT2D eigenvalue weighted by atomic mass is 10.2. The summed E-state index contributed by atoms with van der Waals surface area (Å²) in [6.45, 7) is 4.86. The van der Waals surface area contributed by atoms with Gasteiger partial charge in [-0.25, -0.2) is 14.5 Å². The Kier molecular flexibility index (Phi) is 4.41. The molecule has 1 saturated carbocycles. The molecule has 0 aliphatic heterocycles. The molecule has 1 fully saturated rings. The average molecular weight is 368 g/mol. The fourth-order valence-corrected chi connectivity index (χ4v) is 2.46. The Morgan fingerprint density at radius 3 is 2.54 bits per heavy atom. The van der Waals surface area contributed by atoms with Crippen LogP contribution in [0.4, 0.5) is 23.7 Å². The quantitative estimate of drug-likeness (QED) is 0.865. The first-order valence-corrected chi connectivity index (χ1v) is 8.17. The molecular formula is C17H19F3N4O2. The van der Waals surface area contributed by atoms with Gasteiger partial charge in [-0.05, 0) is 45.7 Å². The number of ether oxygens (including phenoxy) is 1. The van der Waals surface area contributed by atoms with Crippen LogP contribution in [0, 0.1) is 0 Å². The highest BCUT2D eigenvalue weighted by Gasteiger charge is 2.40. The minimum Gasteiger partial charge on any atom is -0.444 e. The topological polar surface area (TPSA) is 69.0 Å². The van der Waals surface area contributed by atoms with Crippen molar-refractivity contribution in [3.05, 3.63) is 35.8 Å². The number of carbonyl (C=O) groups excluding carboxylic acids is 1. The zero-order chi connectivity index (χ0) is 19.1. The fourth-order valence-electron chi connectivity index (χ4n) is 2.46. The van der Waals surface area contributed by atoms with Gasteiger partial charge in [0.1, 0.15) is 5.60 Å². The maximum atomic E-state index is 13.6. The van der Waals surface area contributed by atoms with Crippen LogP contribution in [0.2, 0.25) is 0 Å². The Labute approximate surface area is 148 Å². The lowest BCUT2D eigenvalue weighted by Gasteiger charge is -2.20. The Morgan fingerprint density at radius 2 is 1.96 bits per heavy atom. The Hall–Kier alpha value is -2.58. The number of hydrogen-bond donors (Lipinski definition) is 1. The molecule has 0 unspecified atom stereocenters. The normalized spacial score (nSPS) is 15.0. The van der Waals surface area contributed by atoms with E-state index in [1.165, 1.54) is 6.07 Å². The van der Waals surface area contributed by atoms with E-state index in [1.807, 2.05) is 0 Å². The molecule has 1 amide bonds. The van der Waals surface area contributed by atoms with Crippen molar-refractivity contribution in [3.8, 4) is 5.82 Å². The molecule has 140 valence electrons. The van der Waals surface area contributed by atoms with Crippen LogP contribution in [0.15, 0.2) is 24.4 Å². The number of nitrogens with one attached hydrogen (secondary N) is 1. The Bertz CT molecular complexity index is 820. The third-order valence-electron chi connectivity index (χ3n) is 3.64. The van der Waals surface area contributed by atoms with E-state index in [0.717, 1.165) is 24.7 Å². The number of anilines is 1. The van der Waals surface area contributed by atoms with E-state index in [1.54, 1.807) is 32.9 Å². The Morgan fingerprint density at radius 1 is 1.27 bits per heavy atom. The smallest absolute Gasteiger partial charge is 0.435 e. The minimum absolute atomic E-state index is 0.0546. The highest BCUT2D eigenvalue weighted by atomic mass is 19.4. The molecule has 2 aromatic rings. The monoisotopic (exact) mass is 368 g/mol. The van der Waals surface area contributed by atoms with Crippen LogP contribution >= 0.6 is 0 Å². The summed E-state index contributed by atoms with van der Waals surface area (Å²) in [4.78, 5) is 16.1. The summed E-state index contributed by atoms with van der Waals surface area (Å²) in [5.74, 6) is 0.346. The van der Waals surface area contributed by atoms with Gasteiger partial charge >= 0.3 is 12.3 Å². The molecule has 1 aliphatic carbocycles. The Balaban J connectivity index is 1.95. The number of nitrogens with zero attached hydrogens (tertiary/aromatic N) is 3. The molecule has 1 aliphatic rings. The average Bonchev–Trinajstić information content (AvgIpc) is 3.25. The summed E-state index contributed by atoms with van der Waals surface area (Å²) in [5.41, 5.74) is -1.68. The van der Waals surface area contributed by atoms with Gasteiger partial charge in [0.2, 0.25) is 0 Å². The molecule has 26 heavy (non-hydrogen) atoms. The molecule has 0 bridgehead atoms. The van der Waals surface area contributed by atoms with Crippen molar-refractivity contribution in [2.75, 3.05) is 5.32 Å². The summed E-state index contributed by atoms with van der Waals surface area (Å²) in [6.07, 6.45) is -2.82. The predicted molar refractivity (Wildman–Crippen MR) is 88.2 cm³/mol. The number of alkyl halides is 3. The largest absolute Gasteiger partial charge is 0.444 e. The summed E-state index contributed by atoms with van der Waals surface area (Å²) in [7, 11) is 0. The van der Waals surface area contributed by atoms with Crippen molar-refractivity contribution in [2.24, 2.45) is 0 Å². The molecule has 2 aromatic heterocycles. The molecule has 0 aromatic carbocycles. The van der Waals surface area contributed by atoms with Crippen molar-refractivity contribution in [1.82, 2.24) is 14.8 Å². The van der Waals surface area contributed by atoms with Crippen molar-refractivity contribution in [2.45, 2.75) is 51.3 Å². The highest BCUT2D eigenvalue weighted by Crippen LogP contribution is 2.40. The summed E-state index contributed by atoms with van der Waals surface area (Å²) in [5, 5.41) is 5.91. The third-order valence-corrected chi connectivity index (χ3v) is 3.64. The second kappa shape index (κ2) is 6.30. The number of rotatable bonds is 3. The number of pyridine rings is 1. The predicted octanol–water partition coefficient (Wildman–Crippen LogP) is 4.51. The fraction of sp³-hybridized carbons (Fsp3) is 0.471. The third kappa shape index (κ3) is 4.14. The van der Waals surface area contributed by atoms with Gasteiger partial charge < -0.3 is 4.74 Å². The first-order valence-electron chi connectivity index (χ1n) is 8.17. The second-order valence-electron chi connectivity index (χ2n) is 7.14. The van der Waals surface area contributed by atoms with Gasteiger partial charge in [-0.2, -0.15) is 18.3 Å². The van der Waals surface area contributed by atoms with E-state index < -0.39 is 29.3 Å². The first kappa shape index (κ1) is 18.2. The lowest BCUT2D eigenvalue weighted by Crippen LogP contribution is -2.28. The zero-order valence-corrected chi connectivity index (χ0v) is 14.6. The lowest BCUT2D eigenvalue weighted by molar-refractivity contribution is -0.142. The molecule has 9 heteroatoms. The molecule has 6 nitrogen and oxygen atoms in total. The van der Waals surface area contributed by atoms with Gasteiger partial charge in [-0.3, -0.25) is 5.32 Å². The van der Waals surface area contributed by atoms with Gasteiger partial charge in [0.15, 0.2) is 11.5 Å². The van der Waals surface area contributed by atoms with Crippen LogP contribution in [-0.4, -0.2) is 26.5 Å². The molecule has 2 heterocycles. The van der Waals surface area contributed by atoms with Crippen molar-refractivity contribution in [1.29, 1.82) is 0 Å². The molecule has 0 atom stereocenters. The molecule has 3 rings (SSSR count). The number of hydrogen-bond acceptors (Lipinski definition) is 4. The molecule has 0 saturated heterocycles. The van der Waals surface area contributed by atoms with Crippen LogP contribution in [0.3, 0.4) is 0 Å².